The van der Waals surface area contributed by atoms with E-state index in [1.165, 1.54) is 34.0 Å². The zero-order chi connectivity index (χ0) is 22.0. The number of methoxy groups -OCH3 is 1. The summed E-state index contributed by atoms with van der Waals surface area (Å²) in [6, 6.07) is 12.5. The molecule has 31 heavy (non-hydrogen) atoms. The lowest BCUT2D eigenvalue weighted by atomic mass is 9.87. The van der Waals surface area contributed by atoms with Gasteiger partial charge in [0.1, 0.15) is 5.75 Å². The fourth-order valence-electron chi connectivity index (χ4n) is 4.77. The number of hydrogen-bond donors (Lipinski definition) is 1. The van der Waals surface area contributed by atoms with E-state index < -0.39 is 0 Å². The molecule has 1 aliphatic heterocycles. The SMILES string of the molecule is CCOC(=O)c1ccc(C2CC(C)CCN2Cc2c(OC)cc(C)c3[nH]ccc23)cc1. The Hall–Kier alpha value is -2.79. The number of aromatic nitrogens is 1. The Labute approximate surface area is 184 Å². The number of H-pyrrole nitrogens is 1. The predicted octanol–water partition coefficient (Wildman–Crippen LogP) is 5.63. The zero-order valence-corrected chi connectivity index (χ0v) is 18.9. The summed E-state index contributed by atoms with van der Waals surface area (Å²) in [7, 11) is 1.75. The van der Waals surface area contributed by atoms with Gasteiger partial charge in [0, 0.05) is 35.2 Å². The van der Waals surface area contributed by atoms with Crippen molar-refractivity contribution in [1.29, 1.82) is 0 Å². The molecule has 0 amide bonds. The molecule has 2 aromatic carbocycles. The minimum absolute atomic E-state index is 0.262. The van der Waals surface area contributed by atoms with E-state index >= 15 is 0 Å². The number of carbonyl (C=O) groups is 1. The van der Waals surface area contributed by atoms with Crippen LogP contribution in [-0.2, 0) is 11.3 Å². The van der Waals surface area contributed by atoms with Gasteiger partial charge in [0.2, 0.25) is 0 Å². The summed E-state index contributed by atoms with van der Waals surface area (Å²) < 4.78 is 10.9. The Morgan fingerprint density at radius 1 is 1.23 bits per heavy atom. The third kappa shape index (κ3) is 4.33. The van der Waals surface area contributed by atoms with E-state index in [9.17, 15) is 4.79 Å². The van der Waals surface area contributed by atoms with Crippen LogP contribution in [0.15, 0.2) is 42.6 Å². The van der Waals surface area contributed by atoms with E-state index in [1.54, 1.807) is 7.11 Å². The van der Waals surface area contributed by atoms with E-state index in [1.807, 2.05) is 25.3 Å². The Bertz CT molecular complexity index is 1050. The number of nitrogens with one attached hydrogen (secondary N) is 1. The number of aryl methyl sites for hydroxylation is 1. The quantitative estimate of drug-likeness (QED) is 0.525. The van der Waals surface area contributed by atoms with Crippen LogP contribution in [-0.4, -0.2) is 36.1 Å². The third-order valence-electron chi connectivity index (χ3n) is 6.47. The van der Waals surface area contributed by atoms with Crippen molar-refractivity contribution in [2.45, 2.75) is 46.2 Å². The highest BCUT2D eigenvalue weighted by atomic mass is 16.5. The number of fused-ring (bicyclic) bond motifs is 1. The minimum Gasteiger partial charge on any atom is -0.496 e. The lowest BCUT2D eigenvalue weighted by Gasteiger charge is -2.39. The average Bonchev–Trinajstić information content (AvgIpc) is 3.27. The van der Waals surface area contributed by atoms with Gasteiger partial charge in [-0.3, -0.25) is 4.90 Å². The second kappa shape index (κ2) is 9.15. The summed E-state index contributed by atoms with van der Waals surface area (Å²) >= 11 is 0. The maximum absolute atomic E-state index is 12.0. The molecule has 1 N–H and O–H groups in total. The molecule has 0 saturated carbocycles. The summed E-state index contributed by atoms with van der Waals surface area (Å²) in [4.78, 5) is 18.0. The number of esters is 1. The molecule has 0 radical (unpaired) electrons. The Kier molecular flexibility index (Phi) is 6.33. The van der Waals surface area contributed by atoms with E-state index in [2.05, 4.69) is 48.0 Å². The molecule has 2 heterocycles. The third-order valence-corrected chi connectivity index (χ3v) is 6.47. The van der Waals surface area contributed by atoms with Crippen LogP contribution in [0.25, 0.3) is 10.9 Å². The van der Waals surface area contributed by atoms with Crippen molar-refractivity contribution in [2.24, 2.45) is 5.92 Å². The highest BCUT2D eigenvalue weighted by Gasteiger charge is 2.29. The molecule has 1 aliphatic rings. The van der Waals surface area contributed by atoms with Crippen LogP contribution in [0.4, 0.5) is 0 Å². The van der Waals surface area contributed by atoms with Crippen LogP contribution in [0, 0.1) is 12.8 Å². The van der Waals surface area contributed by atoms with Gasteiger partial charge >= 0.3 is 5.97 Å². The van der Waals surface area contributed by atoms with Crippen molar-refractivity contribution in [3.63, 3.8) is 0 Å². The smallest absolute Gasteiger partial charge is 0.338 e. The van der Waals surface area contributed by atoms with Gasteiger partial charge in [0.25, 0.3) is 0 Å². The van der Waals surface area contributed by atoms with Gasteiger partial charge in [-0.05, 0) is 74.5 Å². The predicted molar refractivity (Wildman–Crippen MR) is 124 cm³/mol. The molecule has 0 spiro atoms. The number of aromatic amines is 1. The van der Waals surface area contributed by atoms with Crippen molar-refractivity contribution in [2.75, 3.05) is 20.3 Å². The highest BCUT2D eigenvalue weighted by Crippen LogP contribution is 2.38. The van der Waals surface area contributed by atoms with Crippen molar-refractivity contribution in [3.05, 3.63) is 64.8 Å². The maximum atomic E-state index is 12.0. The molecule has 164 valence electrons. The van der Waals surface area contributed by atoms with Crippen LogP contribution in [0.5, 0.6) is 5.75 Å². The number of nitrogens with zero attached hydrogens (tertiary/aromatic N) is 1. The fourth-order valence-corrected chi connectivity index (χ4v) is 4.77. The second-order valence-corrected chi connectivity index (χ2v) is 8.60. The summed E-state index contributed by atoms with van der Waals surface area (Å²) in [5, 5.41) is 1.23. The minimum atomic E-state index is -0.262. The molecule has 1 fully saturated rings. The van der Waals surface area contributed by atoms with E-state index in [0.29, 0.717) is 24.1 Å². The Morgan fingerprint density at radius 2 is 2.00 bits per heavy atom. The standard InChI is InChI=1S/C26H32N2O3/c1-5-31-26(29)20-8-6-19(7-9-20)23-14-17(2)11-13-28(23)16-22-21-10-12-27-25(21)18(3)15-24(22)30-4/h6-10,12,15,17,23,27H,5,11,13-14,16H2,1-4H3. The van der Waals surface area contributed by atoms with E-state index in [-0.39, 0.29) is 5.97 Å². The number of piperidine rings is 1. The molecule has 1 aromatic heterocycles. The largest absolute Gasteiger partial charge is 0.496 e. The number of carbonyl (C=O) groups excluding carboxylic acids is 1. The number of ether oxygens (including phenoxy) is 2. The Morgan fingerprint density at radius 3 is 2.71 bits per heavy atom. The van der Waals surface area contributed by atoms with Crippen LogP contribution in [0.1, 0.15) is 59.8 Å². The lowest BCUT2D eigenvalue weighted by molar-refractivity contribution is 0.0526. The molecular weight excluding hydrogens is 388 g/mol. The number of likely N-dealkylation sites (tertiary alicyclic amines) is 1. The highest BCUT2D eigenvalue weighted by molar-refractivity contribution is 5.89. The van der Waals surface area contributed by atoms with Gasteiger partial charge < -0.3 is 14.5 Å². The zero-order valence-electron chi connectivity index (χ0n) is 18.9. The molecule has 0 aliphatic carbocycles. The molecule has 2 atom stereocenters. The van der Waals surface area contributed by atoms with Crippen LogP contribution >= 0.6 is 0 Å². The second-order valence-electron chi connectivity index (χ2n) is 8.60. The van der Waals surface area contributed by atoms with Crippen LogP contribution in [0.3, 0.4) is 0 Å². The number of benzene rings is 2. The van der Waals surface area contributed by atoms with Gasteiger partial charge in [-0.2, -0.15) is 0 Å². The summed E-state index contributed by atoms with van der Waals surface area (Å²) in [5.41, 5.74) is 5.45. The van der Waals surface area contributed by atoms with Gasteiger partial charge in [-0.25, -0.2) is 4.79 Å². The first-order valence-electron chi connectivity index (χ1n) is 11.2. The molecule has 4 rings (SSSR count). The first-order valence-corrected chi connectivity index (χ1v) is 11.2. The topological polar surface area (TPSA) is 54.6 Å². The number of rotatable bonds is 6. The maximum Gasteiger partial charge on any atom is 0.338 e. The van der Waals surface area contributed by atoms with Gasteiger partial charge in [0.15, 0.2) is 0 Å². The Balaban J connectivity index is 1.65. The van der Waals surface area contributed by atoms with Gasteiger partial charge in [-0.15, -0.1) is 0 Å². The molecular formula is C26H32N2O3. The molecule has 2 unspecified atom stereocenters. The van der Waals surface area contributed by atoms with Crippen molar-refractivity contribution in [3.8, 4) is 5.75 Å². The first kappa shape index (κ1) is 21.4. The first-order chi connectivity index (χ1) is 15.0. The fraction of sp³-hybridized carbons (Fsp3) is 0.423. The van der Waals surface area contributed by atoms with E-state index in [0.717, 1.165) is 25.3 Å². The van der Waals surface area contributed by atoms with Crippen LogP contribution < -0.4 is 4.74 Å². The monoisotopic (exact) mass is 420 g/mol. The van der Waals surface area contributed by atoms with Crippen molar-refractivity contribution in [1.82, 2.24) is 9.88 Å². The summed E-state index contributed by atoms with van der Waals surface area (Å²) in [5.74, 6) is 1.35. The van der Waals surface area contributed by atoms with E-state index in [4.69, 9.17) is 9.47 Å². The summed E-state index contributed by atoms with van der Waals surface area (Å²) in [6.45, 7) is 8.52. The van der Waals surface area contributed by atoms with Crippen molar-refractivity contribution >= 4 is 16.9 Å². The molecule has 5 nitrogen and oxygen atoms in total. The molecule has 0 bridgehead atoms. The van der Waals surface area contributed by atoms with Crippen LogP contribution in [0.2, 0.25) is 0 Å². The molecule has 3 aromatic rings. The summed E-state index contributed by atoms with van der Waals surface area (Å²) in [6.07, 6.45) is 4.29. The average molecular weight is 421 g/mol. The molecule has 5 heteroatoms. The normalized spacial score (nSPS) is 19.5. The van der Waals surface area contributed by atoms with Gasteiger partial charge in [0.05, 0.1) is 19.3 Å². The number of hydrogen-bond acceptors (Lipinski definition) is 4. The van der Waals surface area contributed by atoms with Gasteiger partial charge in [-0.1, -0.05) is 19.1 Å². The van der Waals surface area contributed by atoms with Crippen molar-refractivity contribution < 1.29 is 14.3 Å². The lowest BCUT2D eigenvalue weighted by Crippen LogP contribution is -2.36. The molecule has 1 saturated heterocycles.